The van der Waals surface area contributed by atoms with Gasteiger partial charge in [0.05, 0.1) is 0 Å². The molecule has 0 fully saturated rings. The molecule has 0 aromatic carbocycles. The maximum atomic E-state index is 12.4. The van der Waals surface area contributed by atoms with Crippen molar-refractivity contribution < 1.29 is 13.2 Å². The Balaban J connectivity index is 2.61. The fourth-order valence-electron chi connectivity index (χ4n) is 0.852. The molecule has 0 aliphatic carbocycles. The van der Waals surface area contributed by atoms with E-state index in [1.165, 1.54) is 11.3 Å². The van der Waals surface area contributed by atoms with Gasteiger partial charge in [-0.2, -0.15) is 13.2 Å². The molecule has 0 radical (unpaired) electrons. The Labute approximate surface area is 97.9 Å². The molecular formula is C7H9F3N4S2. The summed E-state index contributed by atoms with van der Waals surface area (Å²) in [5, 5.41) is 14.9. The first-order chi connectivity index (χ1) is 7.30. The lowest BCUT2D eigenvalue weighted by Crippen LogP contribution is -2.36. The second-order valence-corrected chi connectivity index (χ2v) is 5.40. The fourth-order valence-corrected chi connectivity index (χ4v) is 2.85. The highest BCUT2D eigenvalue weighted by Crippen LogP contribution is 2.32. The Morgan fingerprint density at radius 1 is 1.56 bits per heavy atom. The summed E-state index contributed by atoms with van der Waals surface area (Å²) in [4.78, 5) is 0. The summed E-state index contributed by atoms with van der Waals surface area (Å²) in [5.41, 5.74) is 4.91. The van der Waals surface area contributed by atoms with E-state index in [2.05, 4.69) is 10.2 Å². The van der Waals surface area contributed by atoms with Crippen molar-refractivity contribution in [3.8, 4) is 0 Å². The molecule has 0 aliphatic rings. The lowest BCUT2D eigenvalue weighted by molar-refractivity contribution is -0.149. The van der Waals surface area contributed by atoms with Gasteiger partial charge in [0.2, 0.25) is 0 Å². The van der Waals surface area contributed by atoms with Gasteiger partial charge in [-0.05, 0) is 6.92 Å². The van der Waals surface area contributed by atoms with Gasteiger partial charge in [0.1, 0.15) is 16.8 Å². The molecule has 0 spiro atoms. The van der Waals surface area contributed by atoms with Gasteiger partial charge in [-0.1, -0.05) is 23.1 Å². The molecule has 90 valence electrons. The van der Waals surface area contributed by atoms with Crippen LogP contribution >= 0.6 is 23.1 Å². The zero-order valence-corrected chi connectivity index (χ0v) is 9.84. The van der Waals surface area contributed by atoms with Gasteiger partial charge in [-0.15, -0.1) is 10.2 Å². The van der Waals surface area contributed by atoms with E-state index >= 15 is 0 Å². The molecule has 3 N–H and O–H groups in total. The third-order valence-corrected chi connectivity index (χ3v) is 3.72. The van der Waals surface area contributed by atoms with Crippen molar-refractivity contribution in [1.82, 2.24) is 10.2 Å². The van der Waals surface area contributed by atoms with Gasteiger partial charge in [0.25, 0.3) is 0 Å². The van der Waals surface area contributed by atoms with Crippen LogP contribution in [0.4, 0.5) is 13.2 Å². The Morgan fingerprint density at radius 3 is 2.56 bits per heavy atom. The number of rotatable bonds is 4. The zero-order chi connectivity index (χ0) is 12.3. The van der Waals surface area contributed by atoms with Crippen LogP contribution in [0, 0.1) is 18.3 Å². The van der Waals surface area contributed by atoms with E-state index in [0.717, 1.165) is 11.8 Å². The van der Waals surface area contributed by atoms with Crippen LogP contribution in [0.1, 0.15) is 5.01 Å². The van der Waals surface area contributed by atoms with Gasteiger partial charge in [-0.25, -0.2) is 0 Å². The lowest BCUT2D eigenvalue weighted by atomic mass is 10.1. The van der Waals surface area contributed by atoms with Crippen LogP contribution in [0.2, 0.25) is 0 Å². The standard InChI is InChI=1S/C7H9F3N4S2/c1-3-13-14-6(16-3)15-2-4(5(11)12)7(8,9)10/h4H,2H2,1H3,(H3,11,12). The minimum atomic E-state index is -4.49. The van der Waals surface area contributed by atoms with Crippen LogP contribution in [0.3, 0.4) is 0 Å². The molecule has 0 bridgehead atoms. The predicted molar refractivity (Wildman–Crippen MR) is 56.8 cm³/mol. The lowest BCUT2D eigenvalue weighted by Gasteiger charge is -2.17. The molecule has 1 unspecified atom stereocenters. The number of halogens is 3. The van der Waals surface area contributed by atoms with Crippen molar-refractivity contribution >= 4 is 28.9 Å². The Morgan fingerprint density at radius 2 is 2.19 bits per heavy atom. The van der Waals surface area contributed by atoms with Gasteiger partial charge in [0.15, 0.2) is 4.34 Å². The van der Waals surface area contributed by atoms with E-state index in [0.29, 0.717) is 9.35 Å². The highest BCUT2D eigenvalue weighted by atomic mass is 32.2. The Kier molecular flexibility index (Phi) is 4.14. The van der Waals surface area contributed by atoms with Crippen LogP contribution in [-0.2, 0) is 0 Å². The first-order valence-corrected chi connectivity index (χ1v) is 5.94. The average molecular weight is 270 g/mol. The third kappa shape index (κ3) is 3.63. The van der Waals surface area contributed by atoms with Crippen molar-refractivity contribution in [3.63, 3.8) is 0 Å². The second-order valence-electron chi connectivity index (χ2n) is 2.95. The topological polar surface area (TPSA) is 75.7 Å². The van der Waals surface area contributed by atoms with Gasteiger partial charge >= 0.3 is 6.18 Å². The molecule has 1 rings (SSSR count). The number of nitrogens with two attached hydrogens (primary N) is 1. The highest BCUT2D eigenvalue weighted by Gasteiger charge is 2.41. The van der Waals surface area contributed by atoms with Gasteiger partial charge in [-0.3, -0.25) is 5.41 Å². The molecule has 0 aliphatic heterocycles. The molecule has 16 heavy (non-hydrogen) atoms. The monoisotopic (exact) mass is 270 g/mol. The number of hydrogen-bond acceptors (Lipinski definition) is 5. The van der Waals surface area contributed by atoms with E-state index in [1.54, 1.807) is 6.92 Å². The largest absolute Gasteiger partial charge is 0.399 e. The number of thioether (sulfide) groups is 1. The van der Waals surface area contributed by atoms with Crippen LogP contribution in [0.5, 0.6) is 0 Å². The average Bonchev–Trinajstić information content (AvgIpc) is 2.48. The number of nitrogens with zero attached hydrogens (tertiary/aromatic N) is 2. The molecule has 1 aromatic heterocycles. The van der Waals surface area contributed by atoms with Crippen LogP contribution in [-0.4, -0.2) is 28.0 Å². The fraction of sp³-hybridized carbons (Fsp3) is 0.571. The van der Waals surface area contributed by atoms with Gasteiger partial charge < -0.3 is 5.73 Å². The summed E-state index contributed by atoms with van der Waals surface area (Å²) in [7, 11) is 0. The van der Waals surface area contributed by atoms with Crippen molar-refractivity contribution in [2.24, 2.45) is 11.7 Å². The molecule has 1 atom stereocenters. The van der Waals surface area contributed by atoms with Crippen molar-refractivity contribution in [2.45, 2.75) is 17.4 Å². The predicted octanol–water partition coefficient (Wildman–Crippen LogP) is 2.05. The number of amidine groups is 1. The molecule has 0 saturated heterocycles. The van der Waals surface area contributed by atoms with E-state index < -0.39 is 17.9 Å². The summed E-state index contributed by atoms with van der Waals surface area (Å²) < 4.78 is 37.7. The third-order valence-electron chi connectivity index (χ3n) is 1.65. The normalized spacial score (nSPS) is 13.8. The minimum absolute atomic E-state index is 0.340. The van der Waals surface area contributed by atoms with E-state index in [-0.39, 0.29) is 5.75 Å². The maximum Gasteiger partial charge on any atom is 0.399 e. The van der Waals surface area contributed by atoms with E-state index in [1.807, 2.05) is 0 Å². The quantitative estimate of drug-likeness (QED) is 0.499. The van der Waals surface area contributed by atoms with Gasteiger partial charge in [0, 0.05) is 5.75 Å². The number of aromatic nitrogens is 2. The molecule has 0 amide bonds. The first kappa shape index (κ1) is 13.2. The summed E-state index contributed by atoms with van der Waals surface area (Å²) in [6.07, 6.45) is -4.49. The number of nitrogens with one attached hydrogen (secondary N) is 1. The minimum Gasteiger partial charge on any atom is -0.387 e. The van der Waals surface area contributed by atoms with E-state index in [9.17, 15) is 13.2 Å². The molecule has 1 aromatic rings. The van der Waals surface area contributed by atoms with Crippen molar-refractivity contribution in [1.29, 1.82) is 5.41 Å². The number of alkyl halides is 3. The summed E-state index contributed by atoms with van der Waals surface area (Å²) in [6, 6.07) is 0. The molecule has 9 heteroatoms. The van der Waals surface area contributed by atoms with Crippen LogP contribution < -0.4 is 5.73 Å². The van der Waals surface area contributed by atoms with E-state index in [4.69, 9.17) is 11.1 Å². The first-order valence-electron chi connectivity index (χ1n) is 4.14. The van der Waals surface area contributed by atoms with Crippen molar-refractivity contribution in [2.75, 3.05) is 5.75 Å². The summed E-state index contributed by atoms with van der Waals surface area (Å²) in [6.45, 7) is 1.72. The van der Waals surface area contributed by atoms with Crippen LogP contribution in [0.15, 0.2) is 4.34 Å². The summed E-state index contributed by atoms with van der Waals surface area (Å²) in [5.74, 6) is -3.14. The molecule has 0 saturated carbocycles. The van der Waals surface area contributed by atoms with Crippen LogP contribution in [0.25, 0.3) is 0 Å². The van der Waals surface area contributed by atoms with Crippen molar-refractivity contribution in [3.05, 3.63) is 5.01 Å². The maximum absolute atomic E-state index is 12.4. The Hall–Kier alpha value is -0.830. The SMILES string of the molecule is Cc1nnc(SCC(C(=N)N)C(F)(F)F)s1. The number of hydrogen-bond donors (Lipinski definition) is 2. The number of aryl methyl sites for hydroxylation is 1. The zero-order valence-electron chi connectivity index (χ0n) is 8.21. The molecule has 4 nitrogen and oxygen atoms in total. The molecular weight excluding hydrogens is 261 g/mol. The molecule has 1 heterocycles. The Bertz CT molecular complexity index is 376. The second kappa shape index (κ2) is 5.00. The highest BCUT2D eigenvalue weighted by molar-refractivity contribution is 8.01. The summed E-state index contributed by atoms with van der Waals surface area (Å²) >= 11 is 2.12. The smallest absolute Gasteiger partial charge is 0.387 e.